The zero-order chi connectivity index (χ0) is 14.0. The molecule has 0 spiro atoms. The lowest BCUT2D eigenvalue weighted by Gasteiger charge is -2.07. The molecule has 98 valence electrons. The highest BCUT2D eigenvalue weighted by atomic mass is 35.5. The van der Waals surface area contributed by atoms with Gasteiger partial charge in [-0.15, -0.1) is 0 Å². The van der Waals surface area contributed by atoms with Gasteiger partial charge in [-0.25, -0.2) is 0 Å². The van der Waals surface area contributed by atoms with Crippen LogP contribution in [0.25, 0.3) is 5.69 Å². The van der Waals surface area contributed by atoms with Crippen LogP contribution in [-0.4, -0.2) is 16.4 Å². The maximum absolute atomic E-state index is 11.7. The van der Waals surface area contributed by atoms with Gasteiger partial charge in [-0.2, -0.15) is 4.99 Å². The van der Waals surface area contributed by atoms with Crippen molar-refractivity contribution >= 4 is 35.1 Å². The van der Waals surface area contributed by atoms with Crippen molar-refractivity contribution in [3.05, 3.63) is 52.3 Å². The van der Waals surface area contributed by atoms with Gasteiger partial charge in [0, 0.05) is 11.3 Å². The number of nitrogens with zero attached hydrogens (tertiary/aromatic N) is 2. The molecule has 1 aromatic carbocycles. The monoisotopic (exact) mass is 296 g/mol. The lowest BCUT2D eigenvalue weighted by atomic mass is 10.2. The van der Waals surface area contributed by atoms with Crippen molar-refractivity contribution < 1.29 is 4.79 Å². The van der Waals surface area contributed by atoms with Crippen LogP contribution in [0.15, 0.2) is 41.4 Å². The molecule has 0 aliphatic heterocycles. The van der Waals surface area contributed by atoms with Gasteiger partial charge < -0.3 is 11.5 Å². The van der Waals surface area contributed by atoms with Gasteiger partial charge in [0.15, 0.2) is 5.96 Å². The number of aliphatic imine (C=N–C) groups is 1. The smallest absolute Gasteiger partial charge is 0.280 e. The number of guanidine groups is 1. The first kappa shape index (κ1) is 13.5. The molecule has 0 saturated carbocycles. The number of benzene rings is 1. The maximum atomic E-state index is 11.7. The van der Waals surface area contributed by atoms with Crippen LogP contribution >= 0.6 is 23.2 Å². The van der Waals surface area contributed by atoms with Crippen LogP contribution in [0.5, 0.6) is 0 Å². The number of halogens is 2. The van der Waals surface area contributed by atoms with Crippen LogP contribution in [0.1, 0.15) is 10.4 Å². The van der Waals surface area contributed by atoms with Crippen molar-refractivity contribution in [1.29, 1.82) is 0 Å². The van der Waals surface area contributed by atoms with Gasteiger partial charge in [0.1, 0.15) is 10.3 Å². The Hall–Kier alpha value is -1.98. The fraction of sp³-hybridized carbons (Fsp3) is 0. The third-order valence-electron chi connectivity index (χ3n) is 2.37. The Balaban J connectivity index is 2.46. The first-order valence-electron chi connectivity index (χ1n) is 5.26. The summed E-state index contributed by atoms with van der Waals surface area (Å²) >= 11 is 12.0. The van der Waals surface area contributed by atoms with E-state index in [1.807, 2.05) is 0 Å². The van der Waals surface area contributed by atoms with Gasteiger partial charge >= 0.3 is 0 Å². The zero-order valence-corrected chi connectivity index (χ0v) is 11.2. The lowest BCUT2D eigenvalue weighted by Crippen LogP contribution is -2.24. The molecular formula is C12H10Cl2N4O. The molecule has 19 heavy (non-hydrogen) atoms. The van der Waals surface area contributed by atoms with Gasteiger partial charge in [-0.05, 0) is 30.3 Å². The Morgan fingerprint density at radius 1 is 1.11 bits per heavy atom. The number of aromatic nitrogens is 1. The summed E-state index contributed by atoms with van der Waals surface area (Å²) in [6.45, 7) is 0. The molecule has 0 bridgehead atoms. The summed E-state index contributed by atoms with van der Waals surface area (Å²) in [6.07, 6.45) is 0. The normalized spacial score (nSPS) is 10.2. The van der Waals surface area contributed by atoms with Crippen molar-refractivity contribution in [3.8, 4) is 5.69 Å². The van der Waals surface area contributed by atoms with E-state index < -0.39 is 5.91 Å². The lowest BCUT2D eigenvalue weighted by molar-refractivity contribution is 0.100. The molecule has 2 rings (SSSR count). The van der Waals surface area contributed by atoms with Crippen LogP contribution in [0, 0.1) is 0 Å². The van der Waals surface area contributed by atoms with E-state index in [4.69, 9.17) is 34.7 Å². The van der Waals surface area contributed by atoms with E-state index in [1.165, 1.54) is 0 Å². The molecule has 1 amide bonds. The molecule has 1 aromatic heterocycles. The minimum absolute atomic E-state index is 0.285. The minimum Gasteiger partial charge on any atom is -0.370 e. The molecular weight excluding hydrogens is 287 g/mol. The minimum atomic E-state index is -0.527. The fourth-order valence-corrected chi connectivity index (χ4v) is 2.14. The molecule has 0 aliphatic rings. The predicted molar refractivity (Wildman–Crippen MR) is 75.9 cm³/mol. The third kappa shape index (κ3) is 2.89. The average Bonchev–Trinajstić information content (AvgIpc) is 2.68. The molecule has 2 aromatic rings. The molecule has 0 saturated heterocycles. The second-order valence-corrected chi connectivity index (χ2v) is 4.48. The summed E-state index contributed by atoms with van der Waals surface area (Å²) in [7, 11) is 0. The first-order valence-corrected chi connectivity index (χ1v) is 6.02. The van der Waals surface area contributed by atoms with Gasteiger partial charge in [-0.1, -0.05) is 29.3 Å². The molecule has 0 fully saturated rings. The summed E-state index contributed by atoms with van der Waals surface area (Å²) in [5, 5.41) is 0.882. The van der Waals surface area contributed by atoms with Crippen LogP contribution in [0.4, 0.5) is 0 Å². The first-order chi connectivity index (χ1) is 8.99. The van der Waals surface area contributed by atoms with Crippen molar-refractivity contribution in [2.45, 2.75) is 0 Å². The van der Waals surface area contributed by atoms with Gasteiger partial charge in [0.25, 0.3) is 5.91 Å². The van der Waals surface area contributed by atoms with E-state index in [0.29, 0.717) is 21.6 Å². The van der Waals surface area contributed by atoms with E-state index in [9.17, 15) is 4.79 Å². The average molecular weight is 297 g/mol. The summed E-state index contributed by atoms with van der Waals surface area (Å²) in [5.41, 5.74) is 11.3. The van der Waals surface area contributed by atoms with Crippen molar-refractivity contribution in [1.82, 2.24) is 4.57 Å². The van der Waals surface area contributed by atoms with Crippen molar-refractivity contribution in [2.75, 3.05) is 0 Å². The topological polar surface area (TPSA) is 86.4 Å². The summed E-state index contributed by atoms with van der Waals surface area (Å²) in [4.78, 5) is 15.2. The van der Waals surface area contributed by atoms with Crippen molar-refractivity contribution in [2.24, 2.45) is 16.5 Å². The van der Waals surface area contributed by atoms with E-state index in [-0.39, 0.29) is 5.96 Å². The molecule has 4 N–H and O–H groups in total. The number of nitrogens with two attached hydrogens (primary N) is 2. The Morgan fingerprint density at radius 3 is 2.32 bits per heavy atom. The number of carbonyl (C=O) groups is 1. The number of carbonyl (C=O) groups excluding carboxylic acids is 1. The van der Waals surface area contributed by atoms with E-state index >= 15 is 0 Å². The number of rotatable bonds is 2. The second-order valence-electron chi connectivity index (χ2n) is 3.71. The van der Waals surface area contributed by atoms with E-state index in [2.05, 4.69) is 4.99 Å². The van der Waals surface area contributed by atoms with Crippen LogP contribution in [0.2, 0.25) is 10.3 Å². The van der Waals surface area contributed by atoms with Gasteiger partial charge in [0.05, 0.1) is 0 Å². The largest absolute Gasteiger partial charge is 0.370 e. The Morgan fingerprint density at radius 2 is 1.74 bits per heavy atom. The number of hydrogen-bond acceptors (Lipinski definition) is 1. The Kier molecular flexibility index (Phi) is 3.78. The van der Waals surface area contributed by atoms with E-state index in [1.54, 1.807) is 41.0 Å². The zero-order valence-electron chi connectivity index (χ0n) is 9.68. The standard InChI is InChI=1S/C12H10Cl2N4O/c13-9-4-5-10(14)18(9)8-3-1-2-7(6-8)11(19)17-12(15)16/h1-6H,(H4,15,16,17,19). The highest BCUT2D eigenvalue weighted by Gasteiger charge is 2.10. The van der Waals surface area contributed by atoms with E-state index in [0.717, 1.165) is 0 Å². The Labute approximate surface area is 119 Å². The molecule has 5 nitrogen and oxygen atoms in total. The van der Waals surface area contributed by atoms with Crippen molar-refractivity contribution in [3.63, 3.8) is 0 Å². The fourth-order valence-electron chi connectivity index (χ4n) is 1.60. The Bertz CT molecular complexity index is 640. The van der Waals surface area contributed by atoms with Gasteiger partial charge in [-0.3, -0.25) is 9.36 Å². The quantitative estimate of drug-likeness (QED) is 0.658. The highest BCUT2D eigenvalue weighted by molar-refractivity contribution is 6.34. The molecule has 0 radical (unpaired) electrons. The second kappa shape index (κ2) is 5.34. The van der Waals surface area contributed by atoms with Crippen LogP contribution in [0.3, 0.4) is 0 Å². The van der Waals surface area contributed by atoms with Crippen LogP contribution < -0.4 is 11.5 Å². The highest BCUT2D eigenvalue weighted by Crippen LogP contribution is 2.25. The molecule has 0 atom stereocenters. The number of hydrogen-bond donors (Lipinski definition) is 2. The molecule has 0 aliphatic carbocycles. The SMILES string of the molecule is NC(N)=NC(=O)c1cccc(-n2c(Cl)ccc2Cl)c1. The molecule has 1 heterocycles. The maximum Gasteiger partial charge on any atom is 0.280 e. The van der Waals surface area contributed by atoms with Gasteiger partial charge in [0.2, 0.25) is 0 Å². The summed E-state index contributed by atoms with van der Waals surface area (Å²) in [6, 6.07) is 9.99. The molecule has 7 heteroatoms. The summed E-state index contributed by atoms with van der Waals surface area (Å²) < 4.78 is 1.59. The predicted octanol–water partition coefficient (Wildman–Crippen LogP) is 2.20. The summed E-state index contributed by atoms with van der Waals surface area (Å²) in [5.74, 6) is -0.811. The number of amides is 1. The third-order valence-corrected chi connectivity index (χ3v) is 2.96. The molecule has 0 unspecified atom stereocenters. The van der Waals surface area contributed by atoms with Crippen LogP contribution in [-0.2, 0) is 0 Å².